The topological polar surface area (TPSA) is 81.1 Å². The lowest BCUT2D eigenvalue weighted by Crippen LogP contribution is -2.51. The molecular weight excluding hydrogens is 260 g/mol. The van der Waals surface area contributed by atoms with Crippen LogP contribution in [0.1, 0.15) is 32.6 Å². The smallest absolute Gasteiger partial charge is 0.320 e. The molecule has 0 bridgehead atoms. The van der Waals surface area contributed by atoms with E-state index >= 15 is 0 Å². The van der Waals surface area contributed by atoms with Crippen molar-refractivity contribution in [3.8, 4) is 0 Å². The second-order valence-electron chi connectivity index (χ2n) is 6.14. The molecule has 0 aromatic rings. The van der Waals surface area contributed by atoms with Crippen LogP contribution in [0.15, 0.2) is 0 Å². The van der Waals surface area contributed by atoms with Gasteiger partial charge in [0, 0.05) is 20.1 Å². The highest BCUT2D eigenvalue weighted by molar-refractivity contribution is 5.78. The Morgan fingerprint density at radius 1 is 1.20 bits per heavy atom. The van der Waals surface area contributed by atoms with Crippen LogP contribution < -0.4 is 0 Å². The summed E-state index contributed by atoms with van der Waals surface area (Å²) >= 11 is 0. The number of carbonyl (C=O) groups is 2. The van der Waals surface area contributed by atoms with Gasteiger partial charge in [0.1, 0.15) is 0 Å². The summed E-state index contributed by atoms with van der Waals surface area (Å²) in [6.45, 7) is 2.60. The molecule has 0 aromatic carbocycles. The van der Waals surface area contributed by atoms with Crippen LogP contribution in [0.25, 0.3) is 0 Å². The third kappa shape index (κ3) is 2.90. The molecule has 2 aliphatic rings. The molecule has 0 spiro atoms. The molecule has 2 unspecified atom stereocenters. The zero-order valence-corrected chi connectivity index (χ0v) is 12.2. The summed E-state index contributed by atoms with van der Waals surface area (Å²) in [7, 11) is 1.71. The van der Waals surface area contributed by atoms with Crippen molar-refractivity contribution in [2.45, 2.75) is 44.8 Å². The first-order valence-corrected chi connectivity index (χ1v) is 7.34. The molecule has 0 radical (unpaired) electrons. The molecule has 1 heterocycles. The zero-order chi connectivity index (χ0) is 14.9. The Bertz CT molecular complexity index is 387. The minimum Gasteiger partial charge on any atom is -0.481 e. The van der Waals surface area contributed by atoms with Crippen molar-refractivity contribution >= 4 is 12.0 Å². The van der Waals surface area contributed by atoms with E-state index in [9.17, 15) is 14.7 Å². The maximum Gasteiger partial charge on any atom is 0.320 e. The molecule has 6 nitrogen and oxygen atoms in total. The van der Waals surface area contributed by atoms with Gasteiger partial charge in [-0.25, -0.2) is 4.79 Å². The van der Waals surface area contributed by atoms with E-state index in [1.807, 2.05) is 6.92 Å². The van der Waals surface area contributed by atoms with Gasteiger partial charge in [0.2, 0.25) is 0 Å². The molecule has 4 atom stereocenters. The second-order valence-corrected chi connectivity index (χ2v) is 6.14. The number of likely N-dealkylation sites (N-methyl/N-ethyl adjacent to an activating group) is 1. The van der Waals surface area contributed by atoms with E-state index in [0.717, 1.165) is 25.7 Å². The van der Waals surface area contributed by atoms with Crippen LogP contribution in [0.2, 0.25) is 0 Å². The van der Waals surface area contributed by atoms with Crippen LogP contribution in [0.4, 0.5) is 4.79 Å². The van der Waals surface area contributed by atoms with Gasteiger partial charge in [0.25, 0.3) is 0 Å². The van der Waals surface area contributed by atoms with Gasteiger partial charge in [-0.2, -0.15) is 0 Å². The second kappa shape index (κ2) is 5.99. The van der Waals surface area contributed by atoms with E-state index in [1.54, 1.807) is 16.8 Å². The van der Waals surface area contributed by atoms with Crippen LogP contribution in [-0.2, 0) is 4.79 Å². The van der Waals surface area contributed by atoms with E-state index in [0.29, 0.717) is 6.54 Å². The predicted molar refractivity (Wildman–Crippen MR) is 73.3 cm³/mol. The van der Waals surface area contributed by atoms with Gasteiger partial charge < -0.3 is 20.0 Å². The summed E-state index contributed by atoms with van der Waals surface area (Å²) < 4.78 is 0. The SMILES string of the molecule is C[C@@H]1CN(C(=O)N(C)C2CCCCC2O)C[C@H]1C(=O)O. The largest absolute Gasteiger partial charge is 0.481 e. The van der Waals surface area contributed by atoms with Crippen LogP contribution >= 0.6 is 0 Å². The number of hydrogen-bond acceptors (Lipinski definition) is 3. The maximum absolute atomic E-state index is 12.5. The lowest BCUT2D eigenvalue weighted by Gasteiger charge is -2.37. The molecule has 1 saturated carbocycles. The number of hydrogen-bond donors (Lipinski definition) is 2. The molecule has 1 aliphatic heterocycles. The number of carboxylic acids is 1. The summed E-state index contributed by atoms with van der Waals surface area (Å²) in [5.41, 5.74) is 0. The molecule has 2 N–H and O–H groups in total. The number of aliphatic hydroxyl groups is 1. The monoisotopic (exact) mass is 284 g/mol. The Labute approximate surface area is 119 Å². The van der Waals surface area contributed by atoms with Crippen LogP contribution in [-0.4, -0.2) is 64.3 Å². The lowest BCUT2D eigenvalue weighted by atomic mass is 9.92. The van der Waals surface area contributed by atoms with Gasteiger partial charge in [-0.15, -0.1) is 0 Å². The maximum atomic E-state index is 12.5. The number of nitrogens with zero attached hydrogens (tertiary/aromatic N) is 2. The first-order valence-electron chi connectivity index (χ1n) is 7.34. The van der Waals surface area contributed by atoms with E-state index < -0.39 is 18.0 Å². The zero-order valence-electron chi connectivity index (χ0n) is 12.2. The molecule has 2 rings (SSSR count). The van der Waals surface area contributed by atoms with Gasteiger partial charge in [-0.1, -0.05) is 19.8 Å². The molecule has 0 aromatic heterocycles. The van der Waals surface area contributed by atoms with E-state index in [4.69, 9.17) is 5.11 Å². The van der Waals surface area contributed by atoms with E-state index in [2.05, 4.69) is 0 Å². The van der Waals surface area contributed by atoms with Gasteiger partial charge >= 0.3 is 12.0 Å². The van der Waals surface area contributed by atoms with Gasteiger partial charge in [0.15, 0.2) is 0 Å². The number of urea groups is 1. The van der Waals surface area contributed by atoms with Gasteiger partial charge in [0.05, 0.1) is 18.1 Å². The molecule has 2 fully saturated rings. The molecule has 114 valence electrons. The van der Waals surface area contributed by atoms with Crippen molar-refractivity contribution in [2.75, 3.05) is 20.1 Å². The van der Waals surface area contributed by atoms with E-state index in [-0.39, 0.29) is 24.5 Å². The number of aliphatic carboxylic acids is 1. The molecule has 2 amide bonds. The number of rotatable bonds is 2. The minimum absolute atomic E-state index is 0.0267. The third-order valence-corrected chi connectivity index (χ3v) is 4.69. The summed E-state index contributed by atoms with van der Waals surface area (Å²) in [6, 6.07) is -0.304. The Kier molecular flexibility index (Phi) is 4.52. The average Bonchev–Trinajstić information content (AvgIpc) is 2.80. The predicted octanol–water partition coefficient (Wildman–Crippen LogP) is 0.994. The quantitative estimate of drug-likeness (QED) is 0.792. The fraction of sp³-hybridized carbons (Fsp3) is 0.857. The number of amides is 2. The van der Waals surface area contributed by atoms with Crippen molar-refractivity contribution in [3.05, 3.63) is 0 Å². The highest BCUT2D eigenvalue weighted by Gasteiger charge is 2.39. The third-order valence-electron chi connectivity index (χ3n) is 4.69. The van der Waals surface area contributed by atoms with Crippen LogP contribution in [0.5, 0.6) is 0 Å². The minimum atomic E-state index is -0.840. The number of carbonyl (C=O) groups excluding carboxylic acids is 1. The first kappa shape index (κ1) is 15.1. The highest BCUT2D eigenvalue weighted by atomic mass is 16.4. The number of carboxylic acid groups (broad SMARTS) is 1. The standard InChI is InChI=1S/C14H24N2O4/c1-9-7-16(8-10(9)13(18)19)14(20)15(2)11-5-3-4-6-12(11)17/h9-12,17H,3-8H2,1-2H3,(H,18,19)/t9-,10-,11?,12?/m1/s1. The van der Waals surface area contributed by atoms with Crippen LogP contribution in [0.3, 0.4) is 0 Å². The highest BCUT2D eigenvalue weighted by Crippen LogP contribution is 2.27. The lowest BCUT2D eigenvalue weighted by molar-refractivity contribution is -0.142. The number of likely N-dealkylation sites (tertiary alicyclic amines) is 1. The Morgan fingerprint density at radius 2 is 1.85 bits per heavy atom. The number of aliphatic hydroxyl groups excluding tert-OH is 1. The molecule has 1 aliphatic carbocycles. The van der Waals surface area contributed by atoms with Crippen molar-refractivity contribution in [1.82, 2.24) is 9.80 Å². The summed E-state index contributed by atoms with van der Waals surface area (Å²) in [6.07, 6.45) is 3.11. The normalized spacial score (nSPS) is 34.0. The van der Waals surface area contributed by atoms with Crippen molar-refractivity contribution in [3.63, 3.8) is 0 Å². The Morgan fingerprint density at radius 3 is 2.40 bits per heavy atom. The average molecular weight is 284 g/mol. The summed E-state index contributed by atoms with van der Waals surface area (Å²) in [4.78, 5) is 26.8. The van der Waals surface area contributed by atoms with Crippen LogP contribution in [0, 0.1) is 11.8 Å². The fourth-order valence-electron chi connectivity index (χ4n) is 3.35. The summed E-state index contributed by atoms with van der Waals surface area (Å²) in [5, 5.41) is 19.1. The molecule has 1 saturated heterocycles. The molecule has 20 heavy (non-hydrogen) atoms. The Hall–Kier alpha value is -1.30. The molecule has 6 heteroatoms. The Balaban J connectivity index is 1.99. The van der Waals surface area contributed by atoms with Crippen molar-refractivity contribution in [1.29, 1.82) is 0 Å². The first-order chi connectivity index (χ1) is 9.41. The van der Waals surface area contributed by atoms with Gasteiger partial charge in [-0.05, 0) is 18.8 Å². The van der Waals surface area contributed by atoms with Crippen molar-refractivity contribution in [2.24, 2.45) is 11.8 Å². The fourth-order valence-corrected chi connectivity index (χ4v) is 3.35. The van der Waals surface area contributed by atoms with Gasteiger partial charge in [-0.3, -0.25) is 4.79 Å². The van der Waals surface area contributed by atoms with Crippen molar-refractivity contribution < 1.29 is 19.8 Å². The molecular formula is C14H24N2O4. The van der Waals surface area contributed by atoms with E-state index in [1.165, 1.54) is 0 Å². The summed E-state index contributed by atoms with van der Waals surface area (Å²) in [5.74, 6) is -1.35.